The van der Waals surface area contributed by atoms with Gasteiger partial charge in [0.05, 0.1) is 0 Å². The first-order valence-corrected chi connectivity index (χ1v) is 5.58. The van der Waals surface area contributed by atoms with Gasteiger partial charge in [0, 0.05) is 6.20 Å². The fourth-order valence-electron chi connectivity index (χ4n) is 2.72. The van der Waals surface area contributed by atoms with Gasteiger partial charge in [0.15, 0.2) is 0 Å². The molecule has 78 valence electrons. The van der Waals surface area contributed by atoms with Crippen LogP contribution in [0.4, 0.5) is 0 Å². The molecule has 2 nitrogen and oxygen atoms in total. The Morgan fingerprint density at radius 1 is 1.71 bits per heavy atom. The predicted octanol–water partition coefficient (Wildman–Crippen LogP) is 2.54. The summed E-state index contributed by atoms with van der Waals surface area (Å²) in [7, 11) is 0. The molecule has 3 N–H and O–H groups in total. The molecule has 0 saturated heterocycles. The summed E-state index contributed by atoms with van der Waals surface area (Å²) in [6.45, 7) is 5.25. The molecule has 1 aliphatic rings. The largest absolute Gasteiger partial charge is 0.352 e. The first-order valence-electron chi connectivity index (χ1n) is 5.20. The lowest BCUT2D eigenvalue weighted by molar-refractivity contribution is 0.375. The van der Waals surface area contributed by atoms with Crippen LogP contribution < -0.4 is 5.73 Å². The van der Waals surface area contributed by atoms with Crippen molar-refractivity contribution in [3.8, 4) is 0 Å². The molecule has 2 rings (SSSR count). The van der Waals surface area contributed by atoms with Crippen LogP contribution in [-0.2, 0) is 6.42 Å². The van der Waals surface area contributed by atoms with Gasteiger partial charge in [0.2, 0.25) is 0 Å². The molecular formula is C11H17ClN2. The maximum absolute atomic E-state index is 6.08. The van der Waals surface area contributed by atoms with E-state index in [1.54, 1.807) is 0 Å². The van der Waals surface area contributed by atoms with Crippen molar-refractivity contribution < 1.29 is 0 Å². The molecule has 3 heteroatoms. The Balaban J connectivity index is 2.34. The van der Waals surface area contributed by atoms with Crippen LogP contribution in [0.25, 0.3) is 0 Å². The lowest BCUT2D eigenvalue weighted by Gasteiger charge is -2.22. The van der Waals surface area contributed by atoms with Gasteiger partial charge in [0.1, 0.15) is 5.15 Å². The number of halogens is 1. The smallest absolute Gasteiger partial charge is 0.109 e. The maximum Gasteiger partial charge on any atom is 0.109 e. The summed E-state index contributed by atoms with van der Waals surface area (Å²) in [4.78, 5) is 3.09. The van der Waals surface area contributed by atoms with Gasteiger partial charge in [-0.15, -0.1) is 0 Å². The van der Waals surface area contributed by atoms with Gasteiger partial charge in [-0.25, -0.2) is 0 Å². The van der Waals surface area contributed by atoms with Crippen molar-refractivity contribution in [2.45, 2.75) is 26.2 Å². The van der Waals surface area contributed by atoms with Gasteiger partial charge < -0.3 is 10.7 Å². The van der Waals surface area contributed by atoms with Crippen LogP contribution in [0.5, 0.6) is 0 Å². The third-order valence-electron chi connectivity index (χ3n) is 3.45. The molecule has 14 heavy (non-hydrogen) atoms. The Bertz CT molecular complexity index is 332. The third-order valence-corrected chi connectivity index (χ3v) is 3.79. The van der Waals surface area contributed by atoms with E-state index >= 15 is 0 Å². The first-order chi connectivity index (χ1) is 6.65. The van der Waals surface area contributed by atoms with Crippen molar-refractivity contribution in [1.29, 1.82) is 0 Å². The maximum atomic E-state index is 6.08. The monoisotopic (exact) mass is 212 g/mol. The van der Waals surface area contributed by atoms with Gasteiger partial charge in [-0.05, 0) is 41.8 Å². The Kier molecular flexibility index (Phi) is 2.58. The van der Waals surface area contributed by atoms with E-state index in [9.17, 15) is 0 Å². The molecule has 0 radical (unpaired) electrons. The number of nitrogens with one attached hydrogen (secondary N) is 1. The summed E-state index contributed by atoms with van der Waals surface area (Å²) in [6, 6.07) is 0. The molecule has 0 fully saturated rings. The van der Waals surface area contributed by atoms with Crippen molar-refractivity contribution >= 4 is 11.6 Å². The number of fused-ring (bicyclic) bond motifs is 1. The van der Waals surface area contributed by atoms with E-state index in [0.29, 0.717) is 17.8 Å². The van der Waals surface area contributed by atoms with Gasteiger partial charge in [-0.3, -0.25) is 0 Å². The average molecular weight is 213 g/mol. The topological polar surface area (TPSA) is 41.8 Å². The zero-order valence-electron chi connectivity index (χ0n) is 8.68. The third kappa shape index (κ3) is 1.37. The number of aromatic amines is 1. The van der Waals surface area contributed by atoms with Crippen LogP contribution in [0.15, 0.2) is 6.20 Å². The summed E-state index contributed by atoms with van der Waals surface area (Å²) in [5.74, 6) is 1.79. The molecule has 0 aromatic carbocycles. The van der Waals surface area contributed by atoms with Crippen LogP contribution >= 0.6 is 11.6 Å². The van der Waals surface area contributed by atoms with Crippen molar-refractivity contribution in [2.24, 2.45) is 17.6 Å². The van der Waals surface area contributed by atoms with Crippen LogP contribution in [0, 0.1) is 11.8 Å². The van der Waals surface area contributed by atoms with Gasteiger partial charge in [-0.1, -0.05) is 25.4 Å². The van der Waals surface area contributed by atoms with Gasteiger partial charge in [-0.2, -0.15) is 0 Å². The zero-order chi connectivity index (χ0) is 10.3. The summed E-state index contributed by atoms with van der Waals surface area (Å²) in [5.41, 5.74) is 8.43. The minimum atomic E-state index is 0.540. The van der Waals surface area contributed by atoms with E-state index in [-0.39, 0.29) is 0 Å². The van der Waals surface area contributed by atoms with Crippen LogP contribution in [0.2, 0.25) is 5.15 Å². The lowest BCUT2D eigenvalue weighted by atomic mass is 9.84. The van der Waals surface area contributed by atoms with Crippen molar-refractivity contribution in [3.63, 3.8) is 0 Å². The Labute approximate surface area is 89.8 Å². The van der Waals surface area contributed by atoms with Crippen molar-refractivity contribution in [2.75, 3.05) is 6.54 Å². The summed E-state index contributed by atoms with van der Waals surface area (Å²) >= 11 is 6.08. The molecule has 1 aromatic rings. The van der Waals surface area contributed by atoms with E-state index in [1.807, 2.05) is 0 Å². The molecule has 0 spiro atoms. The number of hydrogen-bond acceptors (Lipinski definition) is 1. The van der Waals surface area contributed by atoms with E-state index in [0.717, 1.165) is 18.1 Å². The summed E-state index contributed by atoms with van der Waals surface area (Å²) < 4.78 is 0. The van der Waals surface area contributed by atoms with E-state index in [2.05, 4.69) is 25.0 Å². The number of rotatable bonds is 2. The van der Waals surface area contributed by atoms with Crippen LogP contribution in [0.1, 0.15) is 30.9 Å². The highest BCUT2D eigenvalue weighted by molar-refractivity contribution is 6.30. The number of aromatic nitrogens is 1. The zero-order valence-corrected chi connectivity index (χ0v) is 9.43. The number of H-pyrrole nitrogens is 1. The van der Waals surface area contributed by atoms with Crippen LogP contribution in [-0.4, -0.2) is 11.5 Å². The summed E-state index contributed by atoms with van der Waals surface area (Å²) in [6.07, 6.45) is 3.14. The first kappa shape index (κ1) is 10.1. The second-order valence-corrected chi connectivity index (χ2v) is 4.83. The fraction of sp³-hybridized carbons (Fsp3) is 0.636. The molecule has 0 bridgehead atoms. The molecule has 3 unspecified atom stereocenters. The second-order valence-electron chi connectivity index (χ2n) is 4.46. The molecule has 1 aliphatic carbocycles. The van der Waals surface area contributed by atoms with E-state index in [4.69, 9.17) is 17.3 Å². The fourth-order valence-corrected chi connectivity index (χ4v) is 2.96. The lowest BCUT2D eigenvalue weighted by Crippen LogP contribution is -2.21. The SMILES string of the molecule is CC(CN)C1c2c[nH]c(Cl)c2CC1C. The highest BCUT2D eigenvalue weighted by Gasteiger charge is 2.34. The minimum Gasteiger partial charge on any atom is -0.352 e. The average Bonchev–Trinajstić information content (AvgIpc) is 2.65. The van der Waals surface area contributed by atoms with Gasteiger partial charge >= 0.3 is 0 Å². The normalized spacial score (nSPS) is 27.7. The standard InChI is InChI=1S/C11H17ClN2/c1-6-3-8-9(5-14-11(8)12)10(6)7(2)4-13/h5-7,10,14H,3-4,13H2,1-2H3. The van der Waals surface area contributed by atoms with Crippen molar-refractivity contribution in [3.05, 3.63) is 22.5 Å². The number of hydrogen-bond donors (Lipinski definition) is 2. The predicted molar refractivity (Wildman–Crippen MR) is 59.6 cm³/mol. The quantitative estimate of drug-likeness (QED) is 0.778. The molecule has 3 atom stereocenters. The Morgan fingerprint density at radius 2 is 2.43 bits per heavy atom. The van der Waals surface area contributed by atoms with E-state index in [1.165, 1.54) is 11.1 Å². The Morgan fingerprint density at radius 3 is 3.07 bits per heavy atom. The molecule has 0 aliphatic heterocycles. The minimum absolute atomic E-state index is 0.540. The Hall–Kier alpha value is -0.470. The molecule has 0 amide bonds. The molecule has 1 heterocycles. The highest BCUT2D eigenvalue weighted by atomic mass is 35.5. The highest BCUT2D eigenvalue weighted by Crippen LogP contribution is 2.44. The molecule has 0 saturated carbocycles. The van der Waals surface area contributed by atoms with Crippen molar-refractivity contribution in [1.82, 2.24) is 4.98 Å². The molecule has 1 aromatic heterocycles. The van der Waals surface area contributed by atoms with Crippen LogP contribution in [0.3, 0.4) is 0 Å². The second kappa shape index (κ2) is 3.59. The van der Waals surface area contributed by atoms with E-state index < -0.39 is 0 Å². The number of nitrogens with two attached hydrogens (primary N) is 1. The van der Waals surface area contributed by atoms with Gasteiger partial charge in [0.25, 0.3) is 0 Å². The molecular weight excluding hydrogens is 196 g/mol. The summed E-state index contributed by atoms with van der Waals surface area (Å²) in [5, 5.41) is 0.818.